The molecule has 0 aliphatic carbocycles. The highest BCUT2D eigenvalue weighted by molar-refractivity contribution is 6.11. The average Bonchev–Trinajstić information content (AvgIpc) is 3.01. The van der Waals surface area contributed by atoms with Crippen molar-refractivity contribution in [1.29, 1.82) is 0 Å². The largest absolute Gasteiger partial charge is 0.483 e. The van der Waals surface area contributed by atoms with E-state index < -0.39 is 29.7 Å². The van der Waals surface area contributed by atoms with Gasteiger partial charge in [0.2, 0.25) is 0 Å². The molecule has 0 bridgehead atoms. The second-order valence-electron chi connectivity index (χ2n) is 8.18. The molecule has 152 valence electrons. The van der Waals surface area contributed by atoms with Gasteiger partial charge < -0.3 is 19.2 Å². The number of aromatic nitrogens is 1. The first kappa shape index (κ1) is 19.3. The van der Waals surface area contributed by atoms with Crippen molar-refractivity contribution in [2.75, 3.05) is 0 Å². The highest BCUT2D eigenvalue weighted by Crippen LogP contribution is 2.50. The van der Waals surface area contributed by atoms with Gasteiger partial charge in [-0.25, -0.2) is 0 Å². The number of benzene rings is 2. The van der Waals surface area contributed by atoms with E-state index in [4.69, 9.17) is 14.2 Å². The Morgan fingerprint density at radius 3 is 2.34 bits per heavy atom. The van der Waals surface area contributed by atoms with Crippen molar-refractivity contribution in [3.8, 4) is 5.75 Å². The molecule has 4 rings (SSSR count). The van der Waals surface area contributed by atoms with E-state index in [1.807, 2.05) is 45.9 Å². The van der Waals surface area contributed by atoms with E-state index in [0.29, 0.717) is 5.75 Å². The van der Waals surface area contributed by atoms with Crippen LogP contribution in [-0.4, -0.2) is 28.6 Å². The van der Waals surface area contributed by atoms with E-state index in [1.165, 1.54) is 13.8 Å². The van der Waals surface area contributed by atoms with Crippen LogP contribution in [0, 0.1) is 13.8 Å². The van der Waals surface area contributed by atoms with Gasteiger partial charge in [0, 0.05) is 41.3 Å². The Balaban J connectivity index is 2.06. The van der Waals surface area contributed by atoms with Gasteiger partial charge in [-0.15, -0.1) is 0 Å². The van der Waals surface area contributed by atoms with Gasteiger partial charge in [0.1, 0.15) is 11.4 Å². The molecule has 0 saturated heterocycles. The Morgan fingerprint density at radius 2 is 1.69 bits per heavy atom. The fourth-order valence-electron chi connectivity index (χ4n) is 4.43. The Bertz CT molecular complexity index is 1160. The van der Waals surface area contributed by atoms with Crippen molar-refractivity contribution in [2.24, 2.45) is 0 Å². The highest BCUT2D eigenvalue weighted by Gasteiger charge is 2.50. The van der Waals surface area contributed by atoms with Crippen LogP contribution in [0.3, 0.4) is 0 Å². The van der Waals surface area contributed by atoms with Crippen molar-refractivity contribution in [3.05, 3.63) is 41.0 Å². The Kier molecular flexibility index (Phi) is 4.33. The van der Waals surface area contributed by atoms with Crippen LogP contribution >= 0.6 is 0 Å². The number of ether oxygens (including phenoxy) is 3. The SMILES string of the molecule is CC(=O)O[C@@H]1c2c(c(C)c3c([nH]c4ccccc43)c2C)OC(C)(C)[C@@H]1OC(C)=O. The fraction of sp³-hybridized carbons (Fsp3) is 0.391. The predicted molar refractivity (Wildman–Crippen MR) is 110 cm³/mol. The molecule has 3 aromatic rings. The number of hydrogen-bond donors (Lipinski definition) is 1. The van der Waals surface area contributed by atoms with Crippen LogP contribution in [0.4, 0.5) is 0 Å². The van der Waals surface area contributed by atoms with E-state index in [0.717, 1.165) is 38.5 Å². The summed E-state index contributed by atoms with van der Waals surface area (Å²) in [7, 11) is 0. The van der Waals surface area contributed by atoms with Crippen LogP contribution in [0.5, 0.6) is 5.75 Å². The molecule has 2 atom stereocenters. The van der Waals surface area contributed by atoms with Gasteiger partial charge in [-0.2, -0.15) is 0 Å². The zero-order valence-corrected chi connectivity index (χ0v) is 17.5. The van der Waals surface area contributed by atoms with E-state index in [1.54, 1.807) is 0 Å². The molecule has 1 aliphatic rings. The Hall–Kier alpha value is -3.02. The van der Waals surface area contributed by atoms with Crippen molar-refractivity contribution >= 4 is 33.7 Å². The Morgan fingerprint density at radius 1 is 1.03 bits per heavy atom. The van der Waals surface area contributed by atoms with Gasteiger partial charge in [0.05, 0.1) is 5.52 Å². The molecule has 0 saturated carbocycles. The summed E-state index contributed by atoms with van der Waals surface area (Å²) in [6.45, 7) is 10.4. The first-order valence-electron chi connectivity index (χ1n) is 9.68. The lowest BCUT2D eigenvalue weighted by atomic mass is 9.83. The normalized spacial score (nSPS) is 20.2. The number of hydrogen-bond acceptors (Lipinski definition) is 5. The van der Waals surface area contributed by atoms with Gasteiger partial charge >= 0.3 is 11.9 Å². The maximum Gasteiger partial charge on any atom is 0.303 e. The topological polar surface area (TPSA) is 77.6 Å². The first-order chi connectivity index (χ1) is 13.6. The molecule has 6 heteroatoms. The third-order valence-electron chi connectivity index (χ3n) is 5.64. The zero-order chi connectivity index (χ0) is 21.1. The van der Waals surface area contributed by atoms with Gasteiger partial charge in [0.25, 0.3) is 0 Å². The minimum atomic E-state index is -0.879. The number of nitrogens with one attached hydrogen (secondary N) is 1. The van der Waals surface area contributed by atoms with Gasteiger partial charge in [-0.3, -0.25) is 9.59 Å². The van der Waals surface area contributed by atoms with E-state index in [9.17, 15) is 9.59 Å². The van der Waals surface area contributed by atoms with Crippen LogP contribution in [0.15, 0.2) is 24.3 Å². The lowest BCUT2D eigenvalue weighted by molar-refractivity contribution is -0.188. The van der Waals surface area contributed by atoms with E-state index in [2.05, 4.69) is 11.1 Å². The second-order valence-corrected chi connectivity index (χ2v) is 8.18. The van der Waals surface area contributed by atoms with Crippen molar-refractivity contribution in [2.45, 2.75) is 59.4 Å². The number of rotatable bonds is 2. The van der Waals surface area contributed by atoms with Gasteiger partial charge in [-0.1, -0.05) is 18.2 Å². The number of esters is 2. The second kappa shape index (κ2) is 6.51. The monoisotopic (exact) mass is 395 g/mol. The zero-order valence-electron chi connectivity index (χ0n) is 17.5. The summed E-state index contributed by atoms with van der Waals surface area (Å²) in [5.74, 6) is -0.211. The smallest absolute Gasteiger partial charge is 0.303 e. The molecule has 2 heterocycles. The molecule has 0 unspecified atom stereocenters. The van der Waals surface area contributed by atoms with Crippen LogP contribution in [0.2, 0.25) is 0 Å². The molecule has 0 spiro atoms. The molecule has 0 radical (unpaired) electrons. The number of carbonyl (C=O) groups excluding carboxylic acids is 2. The summed E-state index contributed by atoms with van der Waals surface area (Å²) in [6, 6.07) is 8.10. The van der Waals surface area contributed by atoms with Crippen LogP contribution in [0.25, 0.3) is 21.8 Å². The minimum Gasteiger partial charge on any atom is -0.483 e. The standard InChI is InChI=1S/C23H25NO5/c1-11-18-20(12(2)17-15-9-7-8-10-16(15)24-19(11)17)29-23(5,6)22(28-14(4)26)21(18)27-13(3)25/h7-10,21-22,24H,1-6H3/t21-,22-/m1/s1. The quantitative estimate of drug-likeness (QED) is 0.640. The van der Waals surface area contributed by atoms with E-state index in [-0.39, 0.29) is 0 Å². The molecule has 1 aromatic heterocycles. The maximum absolute atomic E-state index is 12.0. The molecule has 1 N–H and O–H groups in total. The average molecular weight is 395 g/mol. The number of H-pyrrole nitrogens is 1. The Labute approximate surface area is 169 Å². The van der Waals surface area contributed by atoms with Crippen molar-refractivity contribution in [1.82, 2.24) is 4.98 Å². The van der Waals surface area contributed by atoms with Crippen LogP contribution < -0.4 is 4.74 Å². The van der Waals surface area contributed by atoms with Crippen molar-refractivity contribution < 1.29 is 23.8 Å². The minimum absolute atomic E-state index is 0.440. The van der Waals surface area contributed by atoms with Crippen LogP contribution in [0.1, 0.15) is 50.5 Å². The molecule has 1 aliphatic heterocycles. The molecule has 0 fully saturated rings. The maximum atomic E-state index is 12.0. The fourth-order valence-corrected chi connectivity index (χ4v) is 4.43. The highest BCUT2D eigenvalue weighted by atomic mass is 16.6. The molecular formula is C23H25NO5. The number of fused-ring (bicyclic) bond motifs is 4. The lowest BCUT2D eigenvalue weighted by Crippen LogP contribution is -2.52. The summed E-state index contributed by atoms with van der Waals surface area (Å²) in [4.78, 5) is 27.2. The molecule has 2 aromatic carbocycles. The number of carbonyl (C=O) groups is 2. The summed E-state index contributed by atoms with van der Waals surface area (Å²) < 4.78 is 17.7. The lowest BCUT2D eigenvalue weighted by Gasteiger charge is -2.44. The molecule has 29 heavy (non-hydrogen) atoms. The third kappa shape index (κ3) is 2.94. The number of aromatic amines is 1. The van der Waals surface area contributed by atoms with E-state index >= 15 is 0 Å². The summed E-state index contributed by atoms with van der Waals surface area (Å²) in [5.41, 5.74) is 3.72. The van der Waals surface area contributed by atoms with Gasteiger partial charge in [0.15, 0.2) is 12.2 Å². The van der Waals surface area contributed by atoms with Crippen molar-refractivity contribution in [3.63, 3.8) is 0 Å². The third-order valence-corrected chi connectivity index (χ3v) is 5.64. The predicted octanol–water partition coefficient (Wildman–Crippen LogP) is 4.64. The number of aryl methyl sites for hydroxylation is 2. The van der Waals surface area contributed by atoms with Gasteiger partial charge in [-0.05, 0) is 39.3 Å². The first-order valence-corrected chi connectivity index (χ1v) is 9.68. The summed E-state index contributed by atoms with van der Waals surface area (Å²) >= 11 is 0. The summed E-state index contributed by atoms with van der Waals surface area (Å²) in [5, 5.41) is 2.19. The molecule has 6 nitrogen and oxygen atoms in total. The molecular weight excluding hydrogens is 370 g/mol. The number of para-hydroxylation sites is 1. The molecule has 0 amide bonds. The summed E-state index contributed by atoms with van der Waals surface area (Å²) in [6.07, 6.45) is -1.53. The van der Waals surface area contributed by atoms with Crippen LogP contribution in [-0.2, 0) is 19.1 Å².